The van der Waals surface area contributed by atoms with E-state index in [1.807, 2.05) is 0 Å². The van der Waals surface area contributed by atoms with Crippen molar-refractivity contribution in [1.29, 1.82) is 0 Å². The molecule has 1 N–H and O–H groups in total. The van der Waals surface area contributed by atoms with Crippen LogP contribution in [0.1, 0.15) is 25.1 Å². The fourth-order valence-corrected chi connectivity index (χ4v) is 5.05. The molecule has 0 bridgehead atoms. The zero-order valence-electron chi connectivity index (χ0n) is 10.7. The quantitative estimate of drug-likeness (QED) is 0.853. The van der Waals surface area contributed by atoms with Crippen LogP contribution in [-0.4, -0.2) is 31.4 Å². The Hall–Kier alpha value is 0.0500. The largest absolute Gasteiger partial charge is 0.391 e. The van der Waals surface area contributed by atoms with Crippen LogP contribution in [-0.2, 0) is 16.6 Å². The minimum absolute atomic E-state index is 0.144. The lowest BCUT2D eigenvalue weighted by Gasteiger charge is -2.17. The maximum atomic E-state index is 12.3. The van der Waals surface area contributed by atoms with Gasteiger partial charge in [-0.3, -0.25) is 0 Å². The molecule has 1 rings (SSSR count). The Kier molecular flexibility index (Phi) is 5.79. The number of rotatable bonds is 6. The van der Waals surface area contributed by atoms with Gasteiger partial charge < -0.3 is 5.11 Å². The molecule has 0 spiro atoms. The Balaban J connectivity index is 2.94. The van der Waals surface area contributed by atoms with Gasteiger partial charge in [-0.2, -0.15) is 0 Å². The van der Waals surface area contributed by atoms with Gasteiger partial charge in [0.25, 0.3) is 0 Å². The van der Waals surface area contributed by atoms with E-state index >= 15 is 0 Å². The predicted molar refractivity (Wildman–Crippen MR) is 77.2 cm³/mol. The van der Waals surface area contributed by atoms with Gasteiger partial charge in [0, 0.05) is 18.5 Å². The van der Waals surface area contributed by atoms with E-state index in [0.717, 1.165) is 6.42 Å². The topological polar surface area (TPSA) is 57.6 Å². The van der Waals surface area contributed by atoms with Crippen LogP contribution in [0, 0.1) is 5.92 Å². The van der Waals surface area contributed by atoms with Crippen LogP contribution in [0.15, 0.2) is 14.7 Å². The summed E-state index contributed by atoms with van der Waals surface area (Å²) in [6.07, 6.45) is 0.824. The molecule has 104 valence electrons. The number of nitrogens with zero attached hydrogens (tertiary/aromatic N) is 1. The second-order valence-electron chi connectivity index (χ2n) is 4.52. The van der Waals surface area contributed by atoms with Gasteiger partial charge in [-0.05, 0) is 34.3 Å². The molecule has 18 heavy (non-hydrogen) atoms. The van der Waals surface area contributed by atoms with E-state index in [2.05, 4.69) is 29.8 Å². The highest BCUT2D eigenvalue weighted by Gasteiger charge is 2.25. The fourth-order valence-electron chi connectivity index (χ4n) is 1.38. The van der Waals surface area contributed by atoms with Crippen molar-refractivity contribution in [3.8, 4) is 0 Å². The van der Waals surface area contributed by atoms with Crippen molar-refractivity contribution in [2.24, 2.45) is 5.92 Å². The molecule has 0 aromatic carbocycles. The molecule has 0 aliphatic carbocycles. The molecular formula is C11H18BrNO3S2. The van der Waals surface area contributed by atoms with Crippen LogP contribution in [0.3, 0.4) is 0 Å². The first-order valence-electron chi connectivity index (χ1n) is 5.64. The van der Waals surface area contributed by atoms with Crippen LogP contribution in [0.4, 0.5) is 0 Å². The number of aliphatic hydroxyl groups is 1. The molecule has 1 aromatic heterocycles. The van der Waals surface area contributed by atoms with E-state index in [0.29, 0.717) is 21.1 Å². The number of sulfonamides is 1. The Morgan fingerprint density at radius 1 is 1.50 bits per heavy atom. The Morgan fingerprint density at radius 2 is 2.11 bits per heavy atom. The monoisotopic (exact) mass is 355 g/mol. The Morgan fingerprint density at radius 3 is 2.56 bits per heavy atom. The molecule has 0 atom stereocenters. The number of hydrogen-bond acceptors (Lipinski definition) is 4. The summed E-state index contributed by atoms with van der Waals surface area (Å²) >= 11 is 4.49. The van der Waals surface area contributed by atoms with Gasteiger partial charge in [0.2, 0.25) is 10.0 Å². The maximum Gasteiger partial charge on any atom is 0.244 e. The van der Waals surface area contributed by atoms with E-state index in [1.165, 1.54) is 21.7 Å². The molecule has 0 aliphatic rings. The maximum absolute atomic E-state index is 12.3. The van der Waals surface area contributed by atoms with E-state index in [-0.39, 0.29) is 11.5 Å². The van der Waals surface area contributed by atoms with Crippen molar-refractivity contribution in [3.05, 3.63) is 14.7 Å². The van der Waals surface area contributed by atoms with Crippen molar-refractivity contribution in [3.63, 3.8) is 0 Å². The first-order valence-corrected chi connectivity index (χ1v) is 8.69. The summed E-state index contributed by atoms with van der Waals surface area (Å²) in [6.45, 7) is 4.47. The third-order valence-electron chi connectivity index (χ3n) is 2.57. The molecule has 7 heteroatoms. The number of thiophene rings is 1. The van der Waals surface area contributed by atoms with Gasteiger partial charge in [-0.1, -0.05) is 13.8 Å². The van der Waals surface area contributed by atoms with Crippen molar-refractivity contribution in [1.82, 2.24) is 4.31 Å². The predicted octanol–water partition coefficient (Wildman–Crippen LogP) is 2.67. The summed E-state index contributed by atoms with van der Waals surface area (Å²) in [5, 5.41) is 9.04. The lowest BCUT2D eigenvalue weighted by Crippen LogP contribution is -2.28. The summed E-state index contributed by atoms with van der Waals surface area (Å²) in [5.74, 6) is 0.460. The SMILES string of the molecule is CC(C)CCN(C)S(=O)(=O)c1cc(CO)sc1Br. The fraction of sp³-hybridized carbons (Fsp3) is 0.636. The number of halogens is 1. The van der Waals surface area contributed by atoms with Crippen LogP contribution < -0.4 is 0 Å². The van der Waals surface area contributed by atoms with Gasteiger partial charge >= 0.3 is 0 Å². The van der Waals surface area contributed by atoms with Gasteiger partial charge in [0.15, 0.2) is 0 Å². The smallest absolute Gasteiger partial charge is 0.244 e. The van der Waals surface area contributed by atoms with Gasteiger partial charge in [-0.25, -0.2) is 12.7 Å². The van der Waals surface area contributed by atoms with E-state index in [1.54, 1.807) is 7.05 Å². The third kappa shape index (κ3) is 3.77. The van der Waals surface area contributed by atoms with E-state index in [4.69, 9.17) is 5.11 Å². The minimum Gasteiger partial charge on any atom is -0.391 e. The summed E-state index contributed by atoms with van der Waals surface area (Å²) in [5.41, 5.74) is 0. The standard InChI is InChI=1S/C11H18BrNO3S2/c1-8(2)4-5-13(3)18(15,16)10-6-9(7-14)17-11(10)12/h6,8,14H,4-5,7H2,1-3H3. The van der Waals surface area contributed by atoms with Gasteiger partial charge in [0.05, 0.1) is 10.4 Å². The molecular weight excluding hydrogens is 338 g/mol. The molecule has 0 unspecified atom stereocenters. The summed E-state index contributed by atoms with van der Waals surface area (Å²) < 4.78 is 26.5. The lowest BCUT2D eigenvalue weighted by molar-refractivity contribution is 0.285. The van der Waals surface area contributed by atoms with E-state index < -0.39 is 10.0 Å². The van der Waals surface area contributed by atoms with Crippen LogP contribution in [0.2, 0.25) is 0 Å². The molecule has 1 aromatic rings. The Labute approximate surface area is 121 Å². The highest BCUT2D eigenvalue weighted by Crippen LogP contribution is 2.33. The summed E-state index contributed by atoms with van der Waals surface area (Å²) in [7, 11) is -1.89. The lowest BCUT2D eigenvalue weighted by atomic mass is 10.1. The second-order valence-corrected chi connectivity index (χ2v) is 8.99. The minimum atomic E-state index is -3.47. The Bertz CT molecular complexity index is 496. The summed E-state index contributed by atoms with van der Waals surface area (Å²) in [4.78, 5) is 0.875. The van der Waals surface area contributed by atoms with Crippen LogP contribution >= 0.6 is 27.3 Å². The van der Waals surface area contributed by atoms with Crippen LogP contribution in [0.25, 0.3) is 0 Å². The second kappa shape index (κ2) is 6.47. The highest BCUT2D eigenvalue weighted by molar-refractivity contribution is 9.11. The molecule has 0 saturated carbocycles. The summed E-state index contributed by atoms with van der Waals surface area (Å²) in [6, 6.07) is 1.52. The molecule has 0 amide bonds. The average Bonchev–Trinajstić information content (AvgIpc) is 2.67. The zero-order valence-corrected chi connectivity index (χ0v) is 13.9. The first-order chi connectivity index (χ1) is 8.28. The average molecular weight is 356 g/mol. The number of hydrogen-bond donors (Lipinski definition) is 1. The molecule has 4 nitrogen and oxygen atoms in total. The van der Waals surface area contributed by atoms with Gasteiger partial charge in [0.1, 0.15) is 4.90 Å². The molecule has 0 saturated heterocycles. The van der Waals surface area contributed by atoms with Crippen molar-refractivity contribution >= 4 is 37.3 Å². The first kappa shape index (κ1) is 16.1. The molecule has 0 aliphatic heterocycles. The van der Waals surface area contributed by atoms with Crippen molar-refractivity contribution in [2.75, 3.05) is 13.6 Å². The molecule has 0 radical (unpaired) electrons. The normalized spacial score (nSPS) is 12.6. The molecule has 1 heterocycles. The van der Waals surface area contributed by atoms with Crippen LogP contribution in [0.5, 0.6) is 0 Å². The molecule has 0 fully saturated rings. The third-order valence-corrected chi connectivity index (χ3v) is 6.67. The number of aliphatic hydroxyl groups excluding tert-OH is 1. The zero-order chi connectivity index (χ0) is 13.9. The van der Waals surface area contributed by atoms with Gasteiger partial charge in [-0.15, -0.1) is 11.3 Å². The highest BCUT2D eigenvalue weighted by atomic mass is 79.9. The van der Waals surface area contributed by atoms with E-state index in [9.17, 15) is 8.42 Å². The van der Waals surface area contributed by atoms with Crippen molar-refractivity contribution < 1.29 is 13.5 Å². The van der Waals surface area contributed by atoms with Crippen molar-refractivity contribution in [2.45, 2.75) is 31.8 Å².